The van der Waals surface area contributed by atoms with Crippen LogP contribution in [0.3, 0.4) is 0 Å². The summed E-state index contributed by atoms with van der Waals surface area (Å²) in [7, 11) is 0. The summed E-state index contributed by atoms with van der Waals surface area (Å²) >= 11 is 0. The Kier molecular flexibility index (Phi) is 7.04. The van der Waals surface area contributed by atoms with Crippen molar-refractivity contribution in [2.75, 3.05) is 37.6 Å². The highest BCUT2D eigenvalue weighted by Gasteiger charge is 2.32. The number of hydrogen-bond acceptors (Lipinski definition) is 8. The van der Waals surface area contributed by atoms with Gasteiger partial charge in [0.2, 0.25) is 0 Å². The highest BCUT2D eigenvalue weighted by molar-refractivity contribution is 5.97. The molecule has 0 unspecified atom stereocenters. The summed E-state index contributed by atoms with van der Waals surface area (Å²) in [6.07, 6.45) is 2.88. The minimum atomic E-state index is -0.753. The molecule has 0 bridgehead atoms. The van der Waals surface area contributed by atoms with Crippen LogP contribution in [0.5, 0.6) is 0 Å². The van der Waals surface area contributed by atoms with Crippen molar-refractivity contribution in [1.29, 1.82) is 0 Å². The molecule has 2 aromatic rings. The molecule has 9 heteroatoms. The van der Waals surface area contributed by atoms with Gasteiger partial charge in [0, 0.05) is 50.4 Å². The Morgan fingerprint density at radius 1 is 1.26 bits per heavy atom. The molecule has 0 amide bonds. The van der Waals surface area contributed by atoms with Crippen molar-refractivity contribution in [2.45, 2.75) is 39.5 Å². The molecule has 1 aliphatic heterocycles. The molecule has 3 N–H and O–H groups in total. The number of carboxylic acids is 1. The maximum Gasteiger partial charge on any atom is 0.304 e. The maximum absolute atomic E-state index is 10.8. The molecule has 0 saturated carbocycles. The Hall–Kier alpha value is -3.17. The number of nitrogens with two attached hydrogens (primary N) is 1. The van der Waals surface area contributed by atoms with Gasteiger partial charge in [-0.15, -0.1) is 0 Å². The van der Waals surface area contributed by atoms with Gasteiger partial charge in [0.15, 0.2) is 5.69 Å². The van der Waals surface area contributed by atoms with Crippen LogP contribution in [0.1, 0.15) is 49.3 Å². The van der Waals surface area contributed by atoms with Gasteiger partial charge in [-0.1, -0.05) is 37.7 Å². The van der Waals surface area contributed by atoms with E-state index in [0.29, 0.717) is 17.9 Å². The Balaban J connectivity index is 1.41. The number of carboxylic acid groups (broad SMARTS) is 1. The van der Waals surface area contributed by atoms with Gasteiger partial charge >= 0.3 is 5.97 Å². The number of rotatable bonds is 7. The summed E-state index contributed by atoms with van der Waals surface area (Å²) < 4.78 is 5.58. The fraction of sp³-hybridized carbons (Fsp3) is 0.480. The van der Waals surface area contributed by atoms with Crippen LogP contribution >= 0.6 is 0 Å². The molecule has 1 aromatic carbocycles. The minimum Gasteiger partial charge on any atom is -0.481 e. The fourth-order valence-electron chi connectivity index (χ4n) is 4.56. The van der Waals surface area contributed by atoms with E-state index in [-0.39, 0.29) is 17.7 Å². The number of nitrogens with zero attached hydrogens (tertiary/aromatic N) is 4. The van der Waals surface area contributed by atoms with Crippen molar-refractivity contribution in [3.05, 3.63) is 53.4 Å². The zero-order valence-electron chi connectivity index (χ0n) is 19.9. The molecular formula is C25H33N5O4. The summed E-state index contributed by atoms with van der Waals surface area (Å²) in [6.45, 7) is 12.5. The van der Waals surface area contributed by atoms with Gasteiger partial charge in [-0.05, 0) is 36.0 Å². The van der Waals surface area contributed by atoms with E-state index in [0.717, 1.165) is 68.0 Å². The first-order chi connectivity index (χ1) is 16.3. The van der Waals surface area contributed by atoms with Crippen molar-refractivity contribution in [2.24, 2.45) is 16.3 Å². The van der Waals surface area contributed by atoms with Crippen LogP contribution in [0.15, 0.2) is 40.4 Å². The first kappa shape index (κ1) is 24.0. The minimum absolute atomic E-state index is 0.182. The zero-order chi connectivity index (χ0) is 24.3. The number of benzene rings is 1. The first-order valence-electron chi connectivity index (χ1n) is 11.7. The van der Waals surface area contributed by atoms with Gasteiger partial charge in [0.1, 0.15) is 5.76 Å². The Labute approximate surface area is 199 Å². The monoisotopic (exact) mass is 467 g/mol. The number of piperazine rings is 1. The Bertz CT molecular complexity index is 1070. The van der Waals surface area contributed by atoms with E-state index in [2.05, 4.69) is 40.4 Å². The van der Waals surface area contributed by atoms with E-state index in [1.54, 1.807) is 0 Å². The van der Waals surface area contributed by atoms with E-state index in [1.807, 2.05) is 24.3 Å². The Morgan fingerprint density at radius 3 is 2.62 bits per heavy atom. The lowest BCUT2D eigenvalue weighted by atomic mass is 9.77. The smallest absolute Gasteiger partial charge is 0.304 e. The first-order valence-corrected chi connectivity index (χ1v) is 11.7. The molecular weight excluding hydrogens is 434 g/mol. The number of hydrogen-bond donors (Lipinski definition) is 2. The average molecular weight is 468 g/mol. The van der Waals surface area contributed by atoms with Crippen molar-refractivity contribution < 1.29 is 19.3 Å². The predicted octanol–water partition coefficient (Wildman–Crippen LogP) is 3.09. The number of aromatic nitrogens is 1. The quantitative estimate of drug-likeness (QED) is 0.362. The van der Waals surface area contributed by atoms with Gasteiger partial charge in [0.05, 0.1) is 12.1 Å². The third-order valence-corrected chi connectivity index (χ3v) is 6.69. The summed E-state index contributed by atoms with van der Waals surface area (Å²) in [4.78, 5) is 24.9. The van der Waals surface area contributed by atoms with Crippen molar-refractivity contribution in [3.63, 3.8) is 0 Å². The van der Waals surface area contributed by atoms with Gasteiger partial charge < -0.3 is 19.4 Å². The molecule has 9 nitrogen and oxygen atoms in total. The summed E-state index contributed by atoms with van der Waals surface area (Å²) in [5.41, 5.74) is 4.24. The van der Waals surface area contributed by atoms with Gasteiger partial charge in [0.25, 0.3) is 5.90 Å². The van der Waals surface area contributed by atoms with Crippen LogP contribution in [0.25, 0.3) is 5.70 Å². The lowest BCUT2D eigenvalue weighted by Crippen LogP contribution is -2.46. The molecule has 1 saturated heterocycles. The lowest BCUT2D eigenvalue weighted by molar-refractivity contribution is -0.137. The van der Waals surface area contributed by atoms with Crippen LogP contribution in [0, 0.1) is 5.41 Å². The number of aliphatic imine (C=N–C) groups is 1. The van der Waals surface area contributed by atoms with E-state index in [1.165, 1.54) is 0 Å². The predicted molar refractivity (Wildman–Crippen MR) is 131 cm³/mol. The number of fused-ring (bicyclic) bond motifs is 1. The molecule has 1 aliphatic carbocycles. The van der Waals surface area contributed by atoms with Gasteiger partial charge in [-0.25, -0.2) is 4.99 Å². The van der Waals surface area contributed by atoms with Gasteiger partial charge in [-0.3, -0.25) is 9.69 Å². The van der Waals surface area contributed by atoms with E-state index < -0.39 is 5.97 Å². The highest BCUT2D eigenvalue weighted by atomic mass is 16.6. The van der Waals surface area contributed by atoms with E-state index in [4.69, 9.17) is 20.4 Å². The third-order valence-electron chi connectivity index (χ3n) is 6.69. The number of carbonyl (C=O) groups is 1. The normalized spacial score (nSPS) is 18.4. The largest absolute Gasteiger partial charge is 0.481 e. The van der Waals surface area contributed by atoms with Crippen LogP contribution in [-0.4, -0.2) is 59.8 Å². The second kappa shape index (κ2) is 9.99. The van der Waals surface area contributed by atoms with Crippen molar-refractivity contribution in [1.82, 2.24) is 10.1 Å². The molecule has 2 aliphatic rings. The molecule has 1 aromatic heterocycles. The summed E-state index contributed by atoms with van der Waals surface area (Å²) in [6, 6.07) is 8.05. The summed E-state index contributed by atoms with van der Waals surface area (Å²) in [5.74, 6) is 5.87. The SMILES string of the molecule is C=C(/N=C(\ON)c1noc2c1CCC(C)(C)C2)c1ccc(N2CCN(CCC(=O)O)CC2)cc1. The second-order valence-corrected chi connectivity index (χ2v) is 9.77. The number of anilines is 1. The van der Waals surface area contributed by atoms with Crippen molar-refractivity contribution in [3.8, 4) is 0 Å². The molecule has 1 fully saturated rings. The van der Waals surface area contributed by atoms with Crippen LogP contribution < -0.4 is 10.8 Å². The Morgan fingerprint density at radius 2 is 1.97 bits per heavy atom. The number of aliphatic carboxylic acids is 1. The molecule has 0 spiro atoms. The molecule has 0 atom stereocenters. The summed E-state index contributed by atoms with van der Waals surface area (Å²) in [5, 5.41) is 13.1. The fourth-order valence-corrected chi connectivity index (χ4v) is 4.56. The topological polar surface area (TPSA) is 117 Å². The average Bonchev–Trinajstić information content (AvgIpc) is 3.23. The zero-order valence-corrected chi connectivity index (χ0v) is 19.9. The van der Waals surface area contributed by atoms with Gasteiger partial charge in [-0.2, -0.15) is 5.90 Å². The molecule has 182 valence electrons. The van der Waals surface area contributed by atoms with Crippen LogP contribution in [0.4, 0.5) is 5.69 Å². The van der Waals surface area contributed by atoms with E-state index >= 15 is 0 Å². The molecule has 2 heterocycles. The van der Waals surface area contributed by atoms with Crippen LogP contribution in [-0.2, 0) is 22.5 Å². The standard InChI is InChI=1S/C25H33N5O4/c1-17(27-24(33-26)23-20-8-10-25(2,3)16-21(20)34-28-23)18-4-6-19(7-5-18)30-14-12-29(13-15-30)11-9-22(31)32/h4-7H,1,8-16,26H2,2-3H3,(H,31,32)/b27-24-. The molecule has 4 rings (SSSR count). The lowest BCUT2D eigenvalue weighted by Gasteiger charge is -2.36. The van der Waals surface area contributed by atoms with Crippen molar-refractivity contribution >= 4 is 23.3 Å². The maximum atomic E-state index is 10.8. The van der Waals surface area contributed by atoms with Crippen LogP contribution in [0.2, 0.25) is 0 Å². The molecule has 34 heavy (non-hydrogen) atoms. The highest BCUT2D eigenvalue weighted by Crippen LogP contribution is 2.36. The van der Waals surface area contributed by atoms with E-state index in [9.17, 15) is 4.79 Å². The molecule has 0 radical (unpaired) electrons. The second-order valence-electron chi connectivity index (χ2n) is 9.77. The third kappa shape index (κ3) is 5.48.